The first-order chi connectivity index (χ1) is 13.2. The number of carbonyl (C=O) groups is 2. The molecule has 28 heavy (non-hydrogen) atoms. The molecule has 0 heterocycles. The van der Waals surface area contributed by atoms with Crippen LogP contribution in [-0.4, -0.2) is 30.1 Å². The van der Waals surface area contributed by atoms with Gasteiger partial charge in [-0.15, -0.1) is 0 Å². The normalized spacial score (nSPS) is 20.9. The third kappa shape index (κ3) is 8.89. The van der Waals surface area contributed by atoms with Gasteiger partial charge in [-0.05, 0) is 63.7 Å². The summed E-state index contributed by atoms with van der Waals surface area (Å²) >= 11 is 0. The minimum absolute atomic E-state index is 0.130. The monoisotopic (exact) mass is 394 g/mol. The molecule has 1 N–H and O–H groups in total. The predicted molar refractivity (Wildman–Crippen MR) is 114 cm³/mol. The second kappa shape index (κ2) is 12.4. The number of hydrogen-bond donors (Lipinski definition) is 1. The van der Waals surface area contributed by atoms with E-state index in [1.165, 1.54) is 12.7 Å². The molecule has 1 fully saturated rings. The molecule has 0 bridgehead atoms. The first-order valence-corrected chi connectivity index (χ1v) is 11.1. The predicted octanol–water partition coefficient (Wildman–Crippen LogP) is 5.62. The number of esters is 1. The summed E-state index contributed by atoms with van der Waals surface area (Å²) in [5, 5.41) is 10.7. The Balaban J connectivity index is 2.36. The highest BCUT2D eigenvalue weighted by molar-refractivity contribution is 5.83. The van der Waals surface area contributed by atoms with Crippen molar-refractivity contribution in [1.29, 1.82) is 0 Å². The van der Waals surface area contributed by atoms with E-state index in [0.29, 0.717) is 24.5 Å². The Hall–Kier alpha value is -1.16. The highest BCUT2D eigenvalue weighted by Crippen LogP contribution is 2.38. The molecule has 0 aromatic rings. The van der Waals surface area contributed by atoms with Crippen molar-refractivity contribution in [2.75, 3.05) is 7.11 Å². The molecule has 0 aliphatic heterocycles. The molecule has 1 unspecified atom stereocenters. The Morgan fingerprint density at radius 2 is 1.89 bits per heavy atom. The molecule has 0 amide bonds. The van der Waals surface area contributed by atoms with Gasteiger partial charge >= 0.3 is 5.97 Å². The van der Waals surface area contributed by atoms with E-state index < -0.39 is 0 Å². The average Bonchev–Trinajstić information content (AvgIpc) is 3.00. The lowest BCUT2D eigenvalue weighted by molar-refractivity contribution is -0.140. The average molecular weight is 395 g/mol. The number of aliphatic hydroxyl groups is 1. The zero-order chi connectivity index (χ0) is 21.2. The Morgan fingerprint density at radius 3 is 2.54 bits per heavy atom. The van der Waals surface area contributed by atoms with E-state index in [0.717, 1.165) is 57.8 Å². The Bertz CT molecular complexity index is 517. The number of hydrogen-bond acceptors (Lipinski definition) is 4. The summed E-state index contributed by atoms with van der Waals surface area (Å²) in [7, 11) is 1.42. The van der Waals surface area contributed by atoms with Crippen molar-refractivity contribution in [2.45, 2.75) is 104 Å². The number of methoxy groups -OCH3 is 1. The zero-order valence-electron chi connectivity index (χ0n) is 18.8. The van der Waals surface area contributed by atoms with Crippen LogP contribution in [-0.2, 0) is 14.3 Å². The third-order valence-corrected chi connectivity index (χ3v) is 6.37. The molecule has 162 valence electrons. The van der Waals surface area contributed by atoms with Crippen LogP contribution in [0.4, 0.5) is 0 Å². The van der Waals surface area contributed by atoms with Crippen molar-refractivity contribution in [3.05, 3.63) is 11.6 Å². The maximum Gasteiger partial charge on any atom is 0.305 e. The van der Waals surface area contributed by atoms with Crippen LogP contribution in [0.1, 0.15) is 98.3 Å². The first kappa shape index (κ1) is 24.9. The van der Waals surface area contributed by atoms with Gasteiger partial charge in [-0.1, -0.05) is 44.8 Å². The zero-order valence-corrected chi connectivity index (χ0v) is 18.8. The second-order valence-corrected chi connectivity index (χ2v) is 9.47. The Morgan fingerprint density at radius 1 is 1.21 bits per heavy atom. The van der Waals surface area contributed by atoms with Crippen molar-refractivity contribution in [1.82, 2.24) is 0 Å². The fraction of sp³-hybridized carbons (Fsp3) is 0.833. The largest absolute Gasteiger partial charge is 0.469 e. The minimum Gasteiger partial charge on any atom is -0.469 e. The Labute approximate surface area is 172 Å². The smallest absolute Gasteiger partial charge is 0.305 e. The van der Waals surface area contributed by atoms with Crippen molar-refractivity contribution < 1.29 is 19.4 Å². The summed E-state index contributed by atoms with van der Waals surface area (Å²) in [6.07, 6.45) is 11.6. The van der Waals surface area contributed by atoms with Gasteiger partial charge in [0.1, 0.15) is 5.78 Å². The van der Waals surface area contributed by atoms with Crippen LogP contribution in [0.15, 0.2) is 11.6 Å². The van der Waals surface area contributed by atoms with Gasteiger partial charge in [-0.3, -0.25) is 9.59 Å². The molecule has 4 heteroatoms. The summed E-state index contributed by atoms with van der Waals surface area (Å²) in [6.45, 7) is 8.44. The summed E-state index contributed by atoms with van der Waals surface area (Å²) in [5.74, 6) is 0.875. The quantitative estimate of drug-likeness (QED) is 0.250. The van der Waals surface area contributed by atoms with Crippen molar-refractivity contribution in [2.24, 2.45) is 17.3 Å². The van der Waals surface area contributed by atoms with Crippen LogP contribution in [0.5, 0.6) is 0 Å². The van der Waals surface area contributed by atoms with Crippen LogP contribution in [0, 0.1) is 17.3 Å². The molecular formula is C24H42O4. The molecule has 0 saturated heterocycles. The number of Topliss-reactive ketones (excluding diaryl/α,β-unsaturated/α-hetero) is 1. The molecule has 0 radical (unpaired) electrons. The molecular weight excluding hydrogens is 352 g/mol. The standard InChI is InChI=1S/C24H42O4/c1-18(2)16-17-24(3,4)22(26)15-13-19-12-14-21(25)20(19)10-8-6-7-9-11-23(27)28-5/h16,19-20,22,26H,6-15,17H2,1-5H3/t19-,20-,22?/m1/s1. The van der Waals surface area contributed by atoms with E-state index in [9.17, 15) is 14.7 Å². The van der Waals surface area contributed by atoms with Gasteiger partial charge in [-0.25, -0.2) is 0 Å². The molecule has 3 atom stereocenters. The number of allylic oxidation sites excluding steroid dienone is 2. The summed E-state index contributed by atoms with van der Waals surface area (Å²) < 4.78 is 4.66. The number of rotatable bonds is 13. The van der Waals surface area contributed by atoms with E-state index in [2.05, 4.69) is 38.5 Å². The molecule has 1 saturated carbocycles. The van der Waals surface area contributed by atoms with Gasteiger partial charge in [0.25, 0.3) is 0 Å². The Kier molecular flexibility index (Phi) is 11.0. The number of aliphatic hydroxyl groups excluding tert-OH is 1. The van der Waals surface area contributed by atoms with Gasteiger partial charge < -0.3 is 9.84 Å². The maximum absolute atomic E-state index is 12.3. The molecule has 1 aliphatic carbocycles. The highest BCUT2D eigenvalue weighted by atomic mass is 16.5. The lowest BCUT2D eigenvalue weighted by Gasteiger charge is -2.31. The van der Waals surface area contributed by atoms with E-state index in [1.807, 2.05) is 0 Å². The van der Waals surface area contributed by atoms with Gasteiger partial charge in [0.2, 0.25) is 0 Å². The molecule has 0 aromatic carbocycles. The van der Waals surface area contributed by atoms with E-state index in [4.69, 9.17) is 0 Å². The number of ether oxygens (including phenoxy) is 1. The molecule has 1 rings (SSSR count). The molecule has 0 spiro atoms. The van der Waals surface area contributed by atoms with Gasteiger partial charge in [0.15, 0.2) is 0 Å². The molecule has 0 aromatic heterocycles. The van der Waals surface area contributed by atoms with Crippen molar-refractivity contribution >= 4 is 11.8 Å². The summed E-state index contributed by atoms with van der Waals surface area (Å²) in [5.41, 5.74) is 1.16. The third-order valence-electron chi connectivity index (χ3n) is 6.37. The highest BCUT2D eigenvalue weighted by Gasteiger charge is 2.35. The maximum atomic E-state index is 12.3. The van der Waals surface area contributed by atoms with Crippen LogP contribution in [0.25, 0.3) is 0 Å². The van der Waals surface area contributed by atoms with E-state index in [1.54, 1.807) is 0 Å². The second-order valence-electron chi connectivity index (χ2n) is 9.47. The number of ketones is 1. The van der Waals surface area contributed by atoms with Gasteiger partial charge in [-0.2, -0.15) is 0 Å². The molecule has 1 aliphatic rings. The van der Waals surface area contributed by atoms with Crippen LogP contribution in [0.3, 0.4) is 0 Å². The van der Waals surface area contributed by atoms with E-state index >= 15 is 0 Å². The number of unbranched alkanes of at least 4 members (excludes halogenated alkanes) is 3. The summed E-state index contributed by atoms with van der Waals surface area (Å²) in [6, 6.07) is 0. The lowest BCUT2D eigenvalue weighted by atomic mass is 9.78. The van der Waals surface area contributed by atoms with Crippen molar-refractivity contribution in [3.63, 3.8) is 0 Å². The van der Waals surface area contributed by atoms with Crippen LogP contribution in [0.2, 0.25) is 0 Å². The fourth-order valence-corrected chi connectivity index (χ4v) is 4.17. The van der Waals surface area contributed by atoms with Gasteiger partial charge in [0.05, 0.1) is 13.2 Å². The number of carbonyl (C=O) groups excluding carboxylic acids is 2. The lowest BCUT2D eigenvalue weighted by Crippen LogP contribution is -2.30. The van der Waals surface area contributed by atoms with Crippen LogP contribution >= 0.6 is 0 Å². The summed E-state index contributed by atoms with van der Waals surface area (Å²) in [4.78, 5) is 23.4. The van der Waals surface area contributed by atoms with Crippen LogP contribution < -0.4 is 0 Å². The topological polar surface area (TPSA) is 63.6 Å². The van der Waals surface area contributed by atoms with E-state index in [-0.39, 0.29) is 23.4 Å². The fourth-order valence-electron chi connectivity index (χ4n) is 4.17. The first-order valence-electron chi connectivity index (χ1n) is 11.1. The van der Waals surface area contributed by atoms with Crippen molar-refractivity contribution in [3.8, 4) is 0 Å². The molecule has 4 nitrogen and oxygen atoms in total. The SMILES string of the molecule is COC(=O)CCCCCC[C@H]1C(=O)CC[C@@H]1CCC(O)C(C)(C)CC=C(C)C. The minimum atomic E-state index is -0.335. The van der Waals surface area contributed by atoms with Gasteiger partial charge in [0, 0.05) is 18.8 Å².